The fraction of sp³-hybridized carbons (Fsp3) is 0.0455. The summed E-state index contributed by atoms with van der Waals surface area (Å²) in [5, 5.41) is 17.4. The molecule has 4 heteroatoms. The fourth-order valence-electron chi connectivity index (χ4n) is 3.54. The number of carbonyl (C=O) groups is 1. The van der Waals surface area contributed by atoms with E-state index in [9.17, 15) is 9.90 Å². The molecule has 0 aliphatic heterocycles. The van der Waals surface area contributed by atoms with Crippen LogP contribution in [0.4, 0.5) is 4.79 Å². The van der Waals surface area contributed by atoms with Gasteiger partial charge in [0.2, 0.25) is 0 Å². The molecular weight excluding hydrogens is 324 g/mol. The number of phenols is 1. The molecule has 0 heterocycles. The molecule has 0 spiro atoms. The van der Waals surface area contributed by atoms with Gasteiger partial charge in [-0.2, -0.15) is 0 Å². The zero-order chi connectivity index (χ0) is 18.1. The van der Waals surface area contributed by atoms with E-state index in [1.54, 1.807) is 6.07 Å². The Morgan fingerprint density at radius 3 is 2.15 bits per heavy atom. The summed E-state index contributed by atoms with van der Waals surface area (Å²) in [5.41, 5.74) is 6.99. The lowest BCUT2D eigenvalue weighted by Crippen LogP contribution is -2.34. The Balaban J connectivity index is 2.03. The van der Waals surface area contributed by atoms with Crippen LogP contribution in [0.15, 0.2) is 78.9 Å². The van der Waals surface area contributed by atoms with Crippen molar-refractivity contribution in [1.29, 1.82) is 0 Å². The summed E-state index contributed by atoms with van der Waals surface area (Å²) in [5.74, 6) is 0.121. The van der Waals surface area contributed by atoms with E-state index in [4.69, 9.17) is 5.73 Å². The average molecular weight is 342 g/mol. The summed E-state index contributed by atoms with van der Waals surface area (Å²) in [6, 6.07) is 23.9. The monoisotopic (exact) mass is 342 g/mol. The molecule has 2 amide bonds. The largest absolute Gasteiger partial charge is 0.508 e. The third-order valence-corrected chi connectivity index (χ3v) is 4.66. The van der Waals surface area contributed by atoms with Crippen LogP contribution in [0.25, 0.3) is 21.5 Å². The fourth-order valence-corrected chi connectivity index (χ4v) is 3.54. The molecular formula is C22H18N2O2. The predicted octanol–water partition coefficient (Wildman–Crippen LogP) is 4.46. The van der Waals surface area contributed by atoms with Gasteiger partial charge in [-0.25, -0.2) is 4.79 Å². The first kappa shape index (κ1) is 16.0. The summed E-state index contributed by atoms with van der Waals surface area (Å²) in [7, 11) is 0. The van der Waals surface area contributed by atoms with Crippen molar-refractivity contribution in [3.8, 4) is 5.75 Å². The molecule has 1 unspecified atom stereocenters. The van der Waals surface area contributed by atoms with Gasteiger partial charge < -0.3 is 16.2 Å². The predicted molar refractivity (Wildman–Crippen MR) is 104 cm³/mol. The van der Waals surface area contributed by atoms with Gasteiger partial charge in [0.1, 0.15) is 5.75 Å². The van der Waals surface area contributed by atoms with Gasteiger partial charge in [-0.3, -0.25) is 0 Å². The van der Waals surface area contributed by atoms with Crippen LogP contribution >= 0.6 is 0 Å². The van der Waals surface area contributed by atoms with Crippen molar-refractivity contribution in [2.24, 2.45) is 5.73 Å². The molecule has 0 aliphatic rings. The Labute approximate surface area is 150 Å². The van der Waals surface area contributed by atoms with Crippen LogP contribution < -0.4 is 11.1 Å². The maximum absolute atomic E-state index is 11.8. The molecule has 0 radical (unpaired) electrons. The first-order valence-electron chi connectivity index (χ1n) is 8.39. The van der Waals surface area contributed by atoms with Crippen LogP contribution in [0.2, 0.25) is 0 Å². The molecule has 4 aromatic carbocycles. The van der Waals surface area contributed by atoms with Gasteiger partial charge in [0.15, 0.2) is 0 Å². The summed E-state index contributed by atoms with van der Waals surface area (Å²) >= 11 is 0. The zero-order valence-corrected chi connectivity index (χ0v) is 14.0. The number of aromatic hydroxyl groups is 1. The average Bonchev–Trinajstić information content (AvgIpc) is 2.66. The molecule has 0 bridgehead atoms. The number of fused-ring (bicyclic) bond motifs is 2. The quantitative estimate of drug-likeness (QED) is 0.514. The summed E-state index contributed by atoms with van der Waals surface area (Å²) in [6.45, 7) is 0. The van der Waals surface area contributed by atoms with Crippen molar-refractivity contribution in [2.45, 2.75) is 6.04 Å². The molecule has 1 atom stereocenters. The number of carbonyl (C=O) groups excluding carboxylic acids is 1. The molecule has 26 heavy (non-hydrogen) atoms. The molecule has 4 rings (SSSR count). The van der Waals surface area contributed by atoms with E-state index in [0.717, 1.165) is 27.1 Å². The van der Waals surface area contributed by atoms with Gasteiger partial charge in [-0.15, -0.1) is 0 Å². The third-order valence-electron chi connectivity index (χ3n) is 4.66. The number of nitrogens with two attached hydrogens (primary N) is 1. The number of urea groups is 1. The minimum absolute atomic E-state index is 0.121. The van der Waals surface area contributed by atoms with Crippen LogP contribution in [-0.4, -0.2) is 11.1 Å². The number of amides is 2. The van der Waals surface area contributed by atoms with Crippen LogP contribution in [0.3, 0.4) is 0 Å². The normalized spacial score (nSPS) is 12.2. The van der Waals surface area contributed by atoms with Gasteiger partial charge in [0.05, 0.1) is 6.04 Å². The number of hydrogen-bond acceptors (Lipinski definition) is 2. The molecule has 4 nitrogen and oxygen atoms in total. The SMILES string of the molecule is NC(=O)NC(c1cccc2ccccc12)c1c(O)ccc2ccccc12. The molecule has 0 saturated heterocycles. The second-order valence-electron chi connectivity index (χ2n) is 6.23. The van der Waals surface area contributed by atoms with E-state index in [2.05, 4.69) is 5.32 Å². The highest BCUT2D eigenvalue weighted by molar-refractivity contribution is 5.92. The van der Waals surface area contributed by atoms with Gasteiger partial charge in [-0.05, 0) is 33.2 Å². The minimum atomic E-state index is -0.643. The van der Waals surface area contributed by atoms with E-state index >= 15 is 0 Å². The molecule has 0 aliphatic carbocycles. The van der Waals surface area contributed by atoms with Crippen LogP contribution in [-0.2, 0) is 0 Å². The number of nitrogens with one attached hydrogen (secondary N) is 1. The van der Waals surface area contributed by atoms with E-state index in [1.807, 2.05) is 72.8 Å². The van der Waals surface area contributed by atoms with Crippen LogP contribution in [0, 0.1) is 0 Å². The number of hydrogen-bond donors (Lipinski definition) is 3. The Kier molecular flexibility index (Phi) is 3.93. The molecule has 0 fully saturated rings. The van der Waals surface area contributed by atoms with Crippen molar-refractivity contribution in [3.63, 3.8) is 0 Å². The Morgan fingerprint density at radius 1 is 0.808 bits per heavy atom. The Hall–Kier alpha value is -3.53. The lowest BCUT2D eigenvalue weighted by Gasteiger charge is -2.23. The van der Waals surface area contributed by atoms with Crippen molar-refractivity contribution < 1.29 is 9.90 Å². The molecule has 4 N–H and O–H groups in total. The summed E-state index contributed by atoms with van der Waals surface area (Å²) in [6.07, 6.45) is 0. The highest BCUT2D eigenvalue weighted by atomic mass is 16.3. The number of phenolic OH excluding ortho intramolecular Hbond substituents is 1. The van der Waals surface area contributed by atoms with Gasteiger partial charge in [0.25, 0.3) is 0 Å². The number of rotatable bonds is 3. The second-order valence-corrected chi connectivity index (χ2v) is 6.23. The first-order valence-corrected chi connectivity index (χ1v) is 8.39. The Morgan fingerprint density at radius 2 is 1.42 bits per heavy atom. The Bertz CT molecular complexity index is 1120. The van der Waals surface area contributed by atoms with Gasteiger partial charge in [0, 0.05) is 5.56 Å². The molecule has 128 valence electrons. The van der Waals surface area contributed by atoms with Crippen LogP contribution in [0.1, 0.15) is 17.2 Å². The lowest BCUT2D eigenvalue weighted by molar-refractivity contribution is 0.247. The van der Waals surface area contributed by atoms with Crippen molar-refractivity contribution >= 4 is 27.6 Å². The van der Waals surface area contributed by atoms with Crippen LogP contribution in [0.5, 0.6) is 5.75 Å². The highest BCUT2D eigenvalue weighted by Crippen LogP contribution is 2.38. The maximum Gasteiger partial charge on any atom is 0.312 e. The smallest absolute Gasteiger partial charge is 0.312 e. The van der Waals surface area contributed by atoms with Gasteiger partial charge in [-0.1, -0.05) is 72.8 Å². The van der Waals surface area contributed by atoms with Gasteiger partial charge >= 0.3 is 6.03 Å². The highest BCUT2D eigenvalue weighted by Gasteiger charge is 2.23. The molecule has 0 aromatic heterocycles. The first-order chi connectivity index (χ1) is 12.6. The summed E-state index contributed by atoms with van der Waals surface area (Å²) in [4.78, 5) is 11.8. The van der Waals surface area contributed by atoms with E-state index in [-0.39, 0.29) is 5.75 Å². The van der Waals surface area contributed by atoms with E-state index in [0.29, 0.717) is 5.56 Å². The van der Waals surface area contributed by atoms with Crippen molar-refractivity contribution in [3.05, 3.63) is 90.0 Å². The molecule has 4 aromatic rings. The second kappa shape index (κ2) is 6.41. The van der Waals surface area contributed by atoms with Crippen molar-refractivity contribution in [1.82, 2.24) is 5.32 Å². The van der Waals surface area contributed by atoms with E-state index in [1.165, 1.54) is 0 Å². The number of benzene rings is 4. The topological polar surface area (TPSA) is 75.4 Å². The molecule has 0 saturated carbocycles. The third kappa shape index (κ3) is 2.71. The maximum atomic E-state index is 11.8. The number of primary amides is 1. The van der Waals surface area contributed by atoms with Crippen molar-refractivity contribution in [2.75, 3.05) is 0 Å². The van der Waals surface area contributed by atoms with E-state index < -0.39 is 12.1 Å². The standard InChI is InChI=1S/C22H18N2O2/c23-22(26)24-21(18-11-5-8-14-6-1-3-9-16(14)18)20-17-10-4-2-7-15(17)12-13-19(20)25/h1-13,21,25H,(H3,23,24,26). The lowest BCUT2D eigenvalue weighted by atomic mass is 9.90. The summed E-state index contributed by atoms with van der Waals surface area (Å²) < 4.78 is 0. The zero-order valence-electron chi connectivity index (χ0n) is 14.0. The minimum Gasteiger partial charge on any atom is -0.508 e.